The van der Waals surface area contributed by atoms with E-state index >= 15 is 0 Å². The maximum atomic E-state index is 12.2. The predicted octanol–water partition coefficient (Wildman–Crippen LogP) is 2.10. The molecule has 0 unspecified atom stereocenters. The number of carbonyl (C=O) groups excluding carboxylic acids is 1. The number of nitrogen functional groups attached to an aromatic ring is 1. The molecule has 1 aromatic heterocycles. The van der Waals surface area contributed by atoms with E-state index in [9.17, 15) is 4.79 Å². The lowest BCUT2D eigenvalue weighted by Gasteiger charge is -2.34. The fourth-order valence-electron chi connectivity index (χ4n) is 2.54. The Morgan fingerprint density at radius 2 is 1.96 bits per heavy atom. The maximum Gasteiger partial charge on any atom is 0.260 e. The molecule has 8 heteroatoms. The third-order valence-electron chi connectivity index (χ3n) is 3.85. The Bertz CT molecular complexity index is 684. The first kappa shape index (κ1) is 17.0. The average molecular weight is 367 g/mol. The van der Waals surface area contributed by atoms with Crippen LogP contribution in [-0.4, -0.2) is 53.5 Å². The molecule has 3 rings (SSSR count). The molecule has 0 spiro atoms. The van der Waals surface area contributed by atoms with Crippen LogP contribution in [0.15, 0.2) is 30.5 Å². The molecule has 0 radical (unpaired) electrons. The Labute approximate surface area is 149 Å². The van der Waals surface area contributed by atoms with Crippen molar-refractivity contribution in [1.29, 1.82) is 0 Å². The van der Waals surface area contributed by atoms with Gasteiger partial charge in [0.05, 0.1) is 0 Å². The van der Waals surface area contributed by atoms with Crippen LogP contribution in [0.3, 0.4) is 0 Å². The zero-order chi connectivity index (χ0) is 16.9. The van der Waals surface area contributed by atoms with Gasteiger partial charge in [-0.15, -0.1) is 11.3 Å². The molecule has 2 aromatic rings. The molecule has 0 saturated carbocycles. The summed E-state index contributed by atoms with van der Waals surface area (Å²) in [6.45, 7) is 3.97. The van der Waals surface area contributed by atoms with Gasteiger partial charge < -0.3 is 15.4 Å². The van der Waals surface area contributed by atoms with Gasteiger partial charge in [-0.2, -0.15) is 0 Å². The largest absolute Gasteiger partial charge is 0.484 e. The fourth-order valence-corrected chi connectivity index (χ4v) is 3.39. The zero-order valence-electron chi connectivity index (χ0n) is 13.2. The Morgan fingerprint density at radius 1 is 1.25 bits per heavy atom. The molecule has 24 heavy (non-hydrogen) atoms. The number of aromatic nitrogens is 1. The van der Waals surface area contributed by atoms with Gasteiger partial charge in [-0.3, -0.25) is 9.69 Å². The molecule has 1 aliphatic heterocycles. The number of ether oxygens (including phenoxy) is 1. The van der Waals surface area contributed by atoms with Crippen LogP contribution >= 0.6 is 22.9 Å². The van der Waals surface area contributed by atoms with Gasteiger partial charge in [-0.05, 0) is 24.3 Å². The number of hydrogen-bond donors (Lipinski definition) is 1. The van der Waals surface area contributed by atoms with Crippen LogP contribution in [-0.2, 0) is 11.3 Å². The first-order valence-electron chi connectivity index (χ1n) is 7.69. The molecule has 0 atom stereocenters. The van der Waals surface area contributed by atoms with Crippen LogP contribution in [0.1, 0.15) is 4.88 Å². The normalized spacial score (nSPS) is 15.5. The van der Waals surface area contributed by atoms with E-state index in [1.807, 2.05) is 11.1 Å². The highest BCUT2D eigenvalue weighted by molar-refractivity contribution is 7.15. The fraction of sp³-hybridized carbons (Fsp3) is 0.375. The standard InChI is InChI=1S/C16H19ClN4O2S/c17-12-1-3-13(4-2-12)23-11-15(22)21-7-5-20(6-8-21)10-14-9-19-16(18)24-14/h1-4,9H,5-8,10-11H2,(H2,18,19). The van der Waals surface area contributed by atoms with E-state index in [-0.39, 0.29) is 12.5 Å². The molecule has 1 saturated heterocycles. The first-order valence-corrected chi connectivity index (χ1v) is 8.88. The Hall–Kier alpha value is -1.83. The quantitative estimate of drug-likeness (QED) is 0.877. The van der Waals surface area contributed by atoms with Crippen LogP contribution in [0.5, 0.6) is 5.75 Å². The van der Waals surface area contributed by atoms with E-state index in [1.165, 1.54) is 11.3 Å². The van der Waals surface area contributed by atoms with Gasteiger partial charge in [-0.1, -0.05) is 11.6 Å². The summed E-state index contributed by atoms with van der Waals surface area (Å²) in [4.78, 5) is 21.6. The number of nitrogens with zero attached hydrogens (tertiary/aromatic N) is 3. The van der Waals surface area contributed by atoms with E-state index in [1.54, 1.807) is 24.3 Å². The topological polar surface area (TPSA) is 71.7 Å². The van der Waals surface area contributed by atoms with Crippen molar-refractivity contribution in [1.82, 2.24) is 14.8 Å². The minimum absolute atomic E-state index is 0.00614. The zero-order valence-corrected chi connectivity index (χ0v) is 14.7. The van der Waals surface area contributed by atoms with Crippen LogP contribution in [0, 0.1) is 0 Å². The summed E-state index contributed by atoms with van der Waals surface area (Å²) in [7, 11) is 0. The van der Waals surface area contributed by atoms with Gasteiger partial charge in [0, 0.05) is 48.8 Å². The second kappa shape index (κ2) is 7.83. The van der Waals surface area contributed by atoms with E-state index in [0.717, 1.165) is 24.5 Å². The monoisotopic (exact) mass is 366 g/mol. The van der Waals surface area contributed by atoms with Gasteiger partial charge in [0.15, 0.2) is 11.7 Å². The van der Waals surface area contributed by atoms with Gasteiger partial charge in [-0.25, -0.2) is 4.98 Å². The third kappa shape index (κ3) is 4.59. The van der Waals surface area contributed by atoms with Gasteiger partial charge >= 0.3 is 0 Å². The number of benzene rings is 1. The predicted molar refractivity (Wildman–Crippen MR) is 95.3 cm³/mol. The van der Waals surface area contributed by atoms with Crippen molar-refractivity contribution in [3.8, 4) is 5.75 Å². The molecule has 128 valence electrons. The molecule has 2 heterocycles. The summed E-state index contributed by atoms with van der Waals surface area (Å²) in [5, 5.41) is 1.24. The summed E-state index contributed by atoms with van der Waals surface area (Å²) >= 11 is 7.33. The van der Waals surface area contributed by atoms with Crippen molar-refractivity contribution in [2.24, 2.45) is 0 Å². The lowest BCUT2D eigenvalue weighted by molar-refractivity contribution is -0.135. The summed E-state index contributed by atoms with van der Waals surface area (Å²) in [6.07, 6.45) is 1.82. The molecule has 1 amide bonds. The highest BCUT2D eigenvalue weighted by atomic mass is 35.5. The molecular formula is C16H19ClN4O2S. The number of nitrogens with two attached hydrogens (primary N) is 1. The highest BCUT2D eigenvalue weighted by Gasteiger charge is 2.21. The number of thiazole rings is 1. The van der Waals surface area contributed by atoms with Crippen molar-refractivity contribution >= 4 is 34.0 Å². The van der Waals surface area contributed by atoms with E-state index in [4.69, 9.17) is 22.1 Å². The van der Waals surface area contributed by atoms with Crippen molar-refractivity contribution in [2.75, 3.05) is 38.5 Å². The van der Waals surface area contributed by atoms with Crippen molar-refractivity contribution in [3.05, 3.63) is 40.4 Å². The number of anilines is 1. The van der Waals surface area contributed by atoms with Gasteiger partial charge in [0.1, 0.15) is 5.75 Å². The second-order valence-corrected chi connectivity index (χ2v) is 7.15. The van der Waals surface area contributed by atoms with E-state index < -0.39 is 0 Å². The van der Waals surface area contributed by atoms with Crippen molar-refractivity contribution in [2.45, 2.75) is 6.54 Å². The molecule has 0 bridgehead atoms. The second-order valence-electron chi connectivity index (χ2n) is 5.56. The van der Waals surface area contributed by atoms with Gasteiger partial charge in [0.2, 0.25) is 0 Å². The van der Waals surface area contributed by atoms with E-state index in [0.29, 0.717) is 29.0 Å². The molecule has 1 aliphatic rings. The Kier molecular flexibility index (Phi) is 5.55. The van der Waals surface area contributed by atoms with Crippen LogP contribution in [0.2, 0.25) is 5.02 Å². The lowest BCUT2D eigenvalue weighted by atomic mass is 10.3. The molecule has 6 nitrogen and oxygen atoms in total. The SMILES string of the molecule is Nc1ncc(CN2CCN(C(=O)COc3ccc(Cl)cc3)CC2)s1. The third-order valence-corrected chi connectivity index (χ3v) is 4.92. The Morgan fingerprint density at radius 3 is 2.58 bits per heavy atom. The maximum absolute atomic E-state index is 12.2. The summed E-state index contributed by atoms with van der Waals surface area (Å²) in [5.41, 5.74) is 5.65. The molecule has 0 aliphatic carbocycles. The van der Waals surface area contributed by atoms with Crippen molar-refractivity contribution < 1.29 is 9.53 Å². The minimum Gasteiger partial charge on any atom is -0.484 e. The summed E-state index contributed by atoms with van der Waals surface area (Å²) < 4.78 is 5.52. The van der Waals surface area contributed by atoms with Crippen LogP contribution in [0.25, 0.3) is 0 Å². The first-order chi connectivity index (χ1) is 11.6. The van der Waals surface area contributed by atoms with Crippen LogP contribution in [0.4, 0.5) is 5.13 Å². The Balaban J connectivity index is 1.42. The number of halogens is 1. The number of carbonyl (C=O) groups is 1. The highest BCUT2D eigenvalue weighted by Crippen LogP contribution is 2.18. The number of piperazine rings is 1. The molecule has 1 aromatic carbocycles. The van der Waals surface area contributed by atoms with Crippen molar-refractivity contribution in [3.63, 3.8) is 0 Å². The summed E-state index contributed by atoms with van der Waals surface area (Å²) in [6, 6.07) is 7.00. The molecule has 2 N–H and O–H groups in total. The smallest absolute Gasteiger partial charge is 0.260 e. The minimum atomic E-state index is 0.00614. The average Bonchev–Trinajstić information content (AvgIpc) is 2.99. The number of amides is 1. The number of hydrogen-bond acceptors (Lipinski definition) is 6. The summed E-state index contributed by atoms with van der Waals surface area (Å²) in [5.74, 6) is 0.654. The number of rotatable bonds is 5. The van der Waals surface area contributed by atoms with Gasteiger partial charge in [0.25, 0.3) is 5.91 Å². The lowest BCUT2D eigenvalue weighted by Crippen LogP contribution is -2.49. The van der Waals surface area contributed by atoms with E-state index in [2.05, 4.69) is 9.88 Å². The molecule has 1 fully saturated rings. The molecular weight excluding hydrogens is 348 g/mol. The van der Waals surface area contributed by atoms with Crippen LogP contribution < -0.4 is 10.5 Å².